The third-order valence-corrected chi connectivity index (χ3v) is 3.98. The minimum Gasteiger partial charge on any atom is -0.496 e. The summed E-state index contributed by atoms with van der Waals surface area (Å²) in [6, 6.07) is 8.05. The summed E-state index contributed by atoms with van der Waals surface area (Å²) in [6.07, 6.45) is 0.295. The Hall–Kier alpha value is -1.80. The number of hydrogen-bond acceptors (Lipinski definition) is 3. The molecule has 0 unspecified atom stereocenters. The first-order valence-corrected chi connectivity index (χ1v) is 6.60. The lowest BCUT2D eigenvalue weighted by molar-refractivity contribution is 0.412. The van der Waals surface area contributed by atoms with Gasteiger partial charge in [-0.05, 0) is 46.6 Å². The number of methoxy groups -OCH3 is 1. The van der Waals surface area contributed by atoms with E-state index in [1.165, 1.54) is 0 Å². The van der Waals surface area contributed by atoms with E-state index in [1.54, 1.807) is 7.11 Å². The minimum absolute atomic E-state index is 0.295. The predicted molar refractivity (Wildman–Crippen MR) is 77.0 cm³/mol. The first-order chi connectivity index (χ1) is 9.08. The average Bonchev–Trinajstić information content (AvgIpc) is 2.67. The highest BCUT2D eigenvalue weighted by molar-refractivity contribution is 9.10. The molecule has 0 N–H and O–H groups in total. The number of nitrogens with zero attached hydrogens (tertiary/aromatic N) is 3. The van der Waals surface area contributed by atoms with Gasteiger partial charge in [0.1, 0.15) is 16.2 Å². The van der Waals surface area contributed by atoms with Crippen LogP contribution in [0.2, 0.25) is 0 Å². The second-order valence-corrected chi connectivity index (χ2v) is 5.00. The molecule has 0 atom stereocenters. The van der Waals surface area contributed by atoms with Crippen molar-refractivity contribution < 1.29 is 4.74 Å². The molecule has 4 nitrogen and oxygen atoms in total. The van der Waals surface area contributed by atoms with Crippen LogP contribution >= 0.6 is 15.9 Å². The molecule has 0 radical (unpaired) electrons. The first kappa shape index (κ1) is 13.6. The van der Waals surface area contributed by atoms with Crippen LogP contribution in [-0.2, 0) is 13.5 Å². The second kappa shape index (κ2) is 5.45. The summed E-state index contributed by atoms with van der Waals surface area (Å²) in [5.41, 5.74) is 2.82. The highest BCUT2D eigenvalue weighted by atomic mass is 79.9. The molecule has 5 heteroatoms. The number of rotatable bonds is 3. The van der Waals surface area contributed by atoms with Crippen LogP contribution in [0.5, 0.6) is 5.75 Å². The van der Waals surface area contributed by atoms with E-state index in [1.807, 2.05) is 36.7 Å². The maximum Gasteiger partial charge on any atom is 0.140 e. The fourth-order valence-corrected chi connectivity index (χ4v) is 2.40. The molecule has 0 aliphatic rings. The molecular weight excluding hydrogens is 306 g/mol. The zero-order valence-corrected chi connectivity index (χ0v) is 12.7. The largest absolute Gasteiger partial charge is 0.496 e. The fourth-order valence-electron chi connectivity index (χ4n) is 2.00. The predicted octanol–water partition coefficient (Wildman–Crippen LogP) is 3.23. The van der Waals surface area contributed by atoms with Crippen molar-refractivity contribution in [2.24, 2.45) is 7.05 Å². The van der Waals surface area contributed by atoms with E-state index < -0.39 is 0 Å². The molecule has 1 aromatic heterocycles. The van der Waals surface area contributed by atoms with Gasteiger partial charge in [-0.2, -0.15) is 5.26 Å². The first-order valence-electron chi connectivity index (χ1n) is 5.81. The van der Waals surface area contributed by atoms with Gasteiger partial charge in [0.05, 0.1) is 25.3 Å². The Labute approximate surface area is 120 Å². The van der Waals surface area contributed by atoms with E-state index in [-0.39, 0.29) is 0 Å². The van der Waals surface area contributed by atoms with Gasteiger partial charge in [0.2, 0.25) is 0 Å². The Bertz CT molecular complexity index is 655. The summed E-state index contributed by atoms with van der Waals surface area (Å²) < 4.78 is 8.04. The van der Waals surface area contributed by atoms with Gasteiger partial charge in [0.25, 0.3) is 0 Å². The molecule has 1 heterocycles. The highest BCUT2D eigenvalue weighted by Crippen LogP contribution is 2.28. The normalized spacial score (nSPS) is 10.3. The Kier molecular flexibility index (Phi) is 3.91. The molecule has 98 valence electrons. The van der Waals surface area contributed by atoms with Gasteiger partial charge >= 0.3 is 0 Å². The lowest BCUT2D eigenvalue weighted by atomic mass is 10.1. The molecule has 19 heavy (non-hydrogen) atoms. The maximum atomic E-state index is 8.79. The quantitative estimate of drug-likeness (QED) is 0.872. The van der Waals surface area contributed by atoms with Gasteiger partial charge in [-0.15, -0.1) is 0 Å². The number of hydrogen-bond donors (Lipinski definition) is 0. The Morgan fingerprint density at radius 1 is 1.47 bits per heavy atom. The van der Waals surface area contributed by atoms with Crippen molar-refractivity contribution in [3.63, 3.8) is 0 Å². The summed E-state index contributed by atoms with van der Waals surface area (Å²) in [5, 5.41) is 8.79. The summed E-state index contributed by atoms with van der Waals surface area (Å²) in [4.78, 5) is 4.52. The van der Waals surface area contributed by atoms with Crippen molar-refractivity contribution in [2.45, 2.75) is 13.3 Å². The highest BCUT2D eigenvalue weighted by Gasteiger charge is 2.14. The Morgan fingerprint density at radius 3 is 2.79 bits per heavy atom. The van der Waals surface area contributed by atoms with Gasteiger partial charge in [0.15, 0.2) is 0 Å². The van der Waals surface area contributed by atoms with E-state index >= 15 is 0 Å². The zero-order chi connectivity index (χ0) is 14.0. The van der Waals surface area contributed by atoms with Crippen LogP contribution in [0.1, 0.15) is 11.3 Å². The smallest absolute Gasteiger partial charge is 0.140 e. The molecule has 0 aliphatic heterocycles. The lowest BCUT2D eigenvalue weighted by Crippen LogP contribution is -1.94. The number of aryl methyl sites for hydroxylation is 1. The van der Waals surface area contributed by atoms with Gasteiger partial charge < -0.3 is 9.30 Å². The van der Waals surface area contributed by atoms with Crippen molar-refractivity contribution in [3.05, 3.63) is 34.1 Å². The molecule has 0 aliphatic carbocycles. The average molecular weight is 320 g/mol. The van der Waals surface area contributed by atoms with E-state index in [9.17, 15) is 0 Å². The molecule has 2 rings (SSSR count). The molecular formula is C14H14BrN3O. The molecule has 0 bridgehead atoms. The third kappa shape index (κ3) is 2.49. The Balaban J connectivity index is 2.50. The van der Waals surface area contributed by atoms with Gasteiger partial charge in [-0.3, -0.25) is 0 Å². The lowest BCUT2D eigenvalue weighted by Gasteiger charge is -2.07. The van der Waals surface area contributed by atoms with Crippen molar-refractivity contribution in [1.29, 1.82) is 5.26 Å². The van der Waals surface area contributed by atoms with E-state index in [0.717, 1.165) is 33.0 Å². The van der Waals surface area contributed by atoms with Crippen LogP contribution in [0.4, 0.5) is 0 Å². The summed E-state index contributed by atoms with van der Waals surface area (Å²) in [6.45, 7) is 2.00. The maximum absolute atomic E-state index is 8.79. The summed E-state index contributed by atoms with van der Waals surface area (Å²) in [7, 11) is 3.58. The molecule has 0 amide bonds. The fraction of sp³-hybridized carbons (Fsp3) is 0.286. The number of imidazole rings is 1. The number of aromatic nitrogens is 2. The van der Waals surface area contributed by atoms with Crippen LogP contribution in [0.25, 0.3) is 11.4 Å². The number of ether oxygens (including phenoxy) is 1. The van der Waals surface area contributed by atoms with Crippen LogP contribution in [0, 0.1) is 18.3 Å². The molecule has 1 aromatic carbocycles. The second-order valence-electron chi connectivity index (χ2n) is 4.25. The van der Waals surface area contributed by atoms with Crippen LogP contribution in [-0.4, -0.2) is 16.7 Å². The van der Waals surface area contributed by atoms with Crippen molar-refractivity contribution in [1.82, 2.24) is 9.55 Å². The van der Waals surface area contributed by atoms with Crippen LogP contribution in [0.3, 0.4) is 0 Å². The molecule has 0 spiro atoms. The van der Waals surface area contributed by atoms with Crippen molar-refractivity contribution >= 4 is 15.9 Å². The zero-order valence-electron chi connectivity index (χ0n) is 11.1. The molecule has 2 aromatic rings. The van der Waals surface area contributed by atoms with Gasteiger partial charge in [-0.25, -0.2) is 4.98 Å². The van der Waals surface area contributed by atoms with Crippen LogP contribution in [0.15, 0.2) is 22.8 Å². The van der Waals surface area contributed by atoms with E-state index in [0.29, 0.717) is 6.42 Å². The van der Waals surface area contributed by atoms with E-state index in [2.05, 4.69) is 27.0 Å². The number of benzene rings is 1. The van der Waals surface area contributed by atoms with E-state index in [4.69, 9.17) is 10.00 Å². The van der Waals surface area contributed by atoms with Crippen molar-refractivity contribution in [2.75, 3.05) is 7.11 Å². The third-order valence-electron chi connectivity index (χ3n) is 2.99. The monoisotopic (exact) mass is 319 g/mol. The van der Waals surface area contributed by atoms with Gasteiger partial charge in [0, 0.05) is 12.6 Å². The van der Waals surface area contributed by atoms with Gasteiger partial charge in [-0.1, -0.05) is 0 Å². The standard InChI is InChI=1S/C14H14BrN3O/c1-9-8-10(4-5-12(9)19-3)14-17-11(6-7-16)13(15)18(14)2/h4-5,8H,6H2,1-3H3. The molecule has 0 saturated heterocycles. The summed E-state index contributed by atoms with van der Waals surface area (Å²) >= 11 is 3.47. The number of nitriles is 1. The van der Waals surface area contributed by atoms with Crippen molar-refractivity contribution in [3.8, 4) is 23.2 Å². The molecule has 0 saturated carbocycles. The SMILES string of the molecule is COc1ccc(-c2nc(CC#N)c(Br)n2C)cc1C. The van der Waals surface area contributed by atoms with Crippen LogP contribution < -0.4 is 4.74 Å². The molecule has 0 fully saturated rings. The Morgan fingerprint density at radius 2 is 2.21 bits per heavy atom. The summed E-state index contributed by atoms with van der Waals surface area (Å²) in [5.74, 6) is 1.69. The topological polar surface area (TPSA) is 50.8 Å². The number of halogens is 1. The minimum atomic E-state index is 0.295.